The molecule has 0 aliphatic heterocycles. The number of carbonyl (C=O) groups is 1. The SMILES string of the molecule is CC(C)(C)OC(=O)Nc1cn(-c2cc(Cl)cc(Cl)c2)nc1N. The lowest BCUT2D eigenvalue weighted by Gasteiger charge is -2.19. The molecule has 118 valence electrons. The molecule has 1 aromatic heterocycles. The van der Waals surface area contributed by atoms with E-state index in [0.29, 0.717) is 21.4 Å². The highest BCUT2D eigenvalue weighted by Gasteiger charge is 2.18. The van der Waals surface area contributed by atoms with E-state index in [1.165, 1.54) is 4.68 Å². The van der Waals surface area contributed by atoms with Crippen molar-refractivity contribution in [1.82, 2.24) is 9.78 Å². The molecule has 1 aromatic carbocycles. The summed E-state index contributed by atoms with van der Waals surface area (Å²) in [5.74, 6) is 0.155. The molecule has 0 aliphatic rings. The Labute approximate surface area is 138 Å². The van der Waals surface area contributed by atoms with Crippen LogP contribution in [0.3, 0.4) is 0 Å². The van der Waals surface area contributed by atoms with Gasteiger partial charge in [0.15, 0.2) is 5.82 Å². The summed E-state index contributed by atoms with van der Waals surface area (Å²) in [5.41, 5.74) is 6.16. The Morgan fingerprint density at radius 3 is 2.41 bits per heavy atom. The van der Waals surface area contributed by atoms with Crippen LogP contribution in [-0.4, -0.2) is 21.5 Å². The van der Waals surface area contributed by atoms with Crippen molar-refractivity contribution in [3.8, 4) is 5.69 Å². The topological polar surface area (TPSA) is 82.2 Å². The number of aromatic nitrogens is 2. The van der Waals surface area contributed by atoms with Crippen LogP contribution in [0.1, 0.15) is 20.8 Å². The second-order valence-corrected chi connectivity index (χ2v) is 6.50. The van der Waals surface area contributed by atoms with Gasteiger partial charge in [0.05, 0.1) is 11.9 Å². The normalized spacial score (nSPS) is 11.3. The molecule has 0 atom stereocenters. The number of anilines is 2. The molecule has 0 unspecified atom stereocenters. The average molecular weight is 343 g/mol. The fourth-order valence-corrected chi connectivity index (χ4v) is 2.22. The van der Waals surface area contributed by atoms with E-state index in [4.69, 9.17) is 33.7 Å². The summed E-state index contributed by atoms with van der Waals surface area (Å²) in [6.45, 7) is 5.31. The number of nitrogens with zero attached hydrogens (tertiary/aromatic N) is 2. The van der Waals surface area contributed by atoms with Gasteiger partial charge in [0.25, 0.3) is 0 Å². The summed E-state index contributed by atoms with van der Waals surface area (Å²) >= 11 is 11.9. The average Bonchev–Trinajstić information content (AvgIpc) is 2.67. The molecule has 0 fully saturated rings. The van der Waals surface area contributed by atoms with E-state index in [9.17, 15) is 4.79 Å². The largest absolute Gasteiger partial charge is 0.444 e. The first-order chi connectivity index (χ1) is 10.1. The first-order valence-corrected chi connectivity index (χ1v) is 7.21. The van der Waals surface area contributed by atoms with Crippen molar-refractivity contribution in [3.05, 3.63) is 34.4 Å². The van der Waals surface area contributed by atoms with Crippen LogP contribution in [0.2, 0.25) is 10.0 Å². The van der Waals surface area contributed by atoms with Gasteiger partial charge in [-0.25, -0.2) is 9.48 Å². The molecule has 0 saturated heterocycles. The molecule has 0 spiro atoms. The van der Waals surface area contributed by atoms with Gasteiger partial charge in [0, 0.05) is 10.0 Å². The number of hydrogen-bond donors (Lipinski definition) is 2. The van der Waals surface area contributed by atoms with E-state index in [1.54, 1.807) is 45.2 Å². The number of carbonyl (C=O) groups excluding carboxylic acids is 1. The van der Waals surface area contributed by atoms with Crippen molar-refractivity contribution in [3.63, 3.8) is 0 Å². The van der Waals surface area contributed by atoms with Gasteiger partial charge >= 0.3 is 6.09 Å². The van der Waals surface area contributed by atoms with E-state index >= 15 is 0 Å². The van der Waals surface area contributed by atoms with E-state index in [0.717, 1.165) is 0 Å². The zero-order valence-corrected chi connectivity index (χ0v) is 13.9. The highest BCUT2D eigenvalue weighted by atomic mass is 35.5. The minimum absolute atomic E-state index is 0.155. The van der Waals surface area contributed by atoms with Gasteiger partial charge in [-0.2, -0.15) is 0 Å². The number of ether oxygens (including phenoxy) is 1. The number of nitrogens with one attached hydrogen (secondary N) is 1. The van der Waals surface area contributed by atoms with Crippen LogP contribution in [0.5, 0.6) is 0 Å². The first kappa shape index (κ1) is 16.5. The molecule has 1 amide bonds. The van der Waals surface area contributed by atoms with Crippen LogP contribution in [0.25, 0.3) is 5.69 Å². The molecular formula is C14H16Cl2N4O2. The van der Waals surface area contributed by atoms with E-state index in [-0.39, 0.29) is 5.82 Å². The Balaban J connectivity index is 2.23. The number of benzene rings is 1. The third kappa shape index (κ3) is 4.29. The van der Waals surface area contributed by atoms with Crippen LogP contribution in [0.4, 0.5) is 16.3 Å². The highest BCUT2D eigenvalue weighted by molar-refractivity contribution is 6.34. The molecular weight excluding hydrogens is 327 g/mol. The molecule has 2 rings (SSSR count). The number of nitrogen functional groups attached to an aromatic ring is 1. The highest BCUT2D eigenvalue weighted by Crippen LogP contribution is 2.25. The Hall–Kier alpha value is -1.92. The standard InChI is InChI=1S/C14H16Cl2N4O2/c1-14(2,3)22-13(21)18-11-7-20(19-12(11)17)10-5-8(15)4-9(16)6-10/h4-7H,1-3H3,(H2,17,19)(H,18,21). The maximum absolute atomic E-state index is 11.8. The smallest absolute Gasteiger partial charge is 0.412 e. The predicted molar refractivity (Wildman–Crippen MR) is 87.9 cm³/mol. The first-order valence-electron chi connectivity index (χ1n) is 6.46. The van der Waals surface area contributed by atoms with Crippen LogP contribution in [-0.2, 0) is 4.74 Å². The van der Waals surface area contributed by atoms with Crippen molar-refractivity contribution in [2.24, 2.45) is 0 Å². The lowest BCUT2D eigenvalue weighted by molar-refractivity contribution is 0.0636. The van der Waals surface area contributed by atoms with Gasteiger partial charge in [0.2, 0.25) is 0 Å². The lowest BCUT2D eigenvalue weighted by atomic mass is 10.2. The third-order valence-electron chi connectivity index (χ3n) is 2.49. The third-order valence-corrected chi connectivity index (χ3v) is 2.93. The maximum Gasteiger partial charge on any atom is 0.412 e. The molecule has 0 aliphatic carbocycles. The van der Waals surface area contributed by atoms with Gasteiger partial charge in [-0.05, 0) is 39.0 Å². The quantitative estimate of drug-likeness (QED) is 0.860. The van der Waals surface area contributed by atoms with Crippen molar-refractivity contribution >= 4 is 40.8 Å². The minimum atomic E-state index is -0.608. The lowest BCUT2D eigenvalue weighted by Crippen LogP contribution is -2.27. The van der Waals surface area contributed by atoms with Crippen molar-refractivity contribution in [2.75, 3.05) is 11.1 Å². The summed E-state index contributed by atoms with van der Waals surface area (Å²) < 4.78 is 6.64. The molecule has 0 radical (unpaired) electrons. The molecule has 1 heterocycles. The summed E-state index contributed by atoms with van der Waals surface area (Å²) in [5, 5.41) is 7.61. The molecule has 22 heavy (non-hydrogen) atoms. The fraction of sp³-hybridized carbons (Fsp3) is 0.286. The summed E-state index contributed by atoms with van der Waals surface area (Å²) in [7, 11) is 0. The molecule has 3 N–H and O–H groups in total. The monoisotopic (exact) mass is 342 g/mol. The fourth-order valence-electron chi connectivity index (χ4n) is 1.70. The minimum Gasteiger partial charge on any atom is -0.444 e. The Bertz CT molecular complexity index is 687. The number of hydrogen-bond acceptors (Lipinski definition) is 4. The zero-order valence-electron chi connectivity index (χ0n) is 12.4. The molecule has 8 heteroatoms. The van der Waals surface area contributed by atoms with E-state index in [2.05, 4.69) is 10.4 Å². The maximum atomic E-state index is 11.8. The number of amides is 1. The molecule has 0 bridgehead atoms. The summed E-state index contributed by atoms with van der Waals surface area (Å²) in [4.78, 5) is 11.8. The van der Waals surface area contributed by atoms with E-state index < -0.39 is 11.7 Å². The van der Waals surface area contributed by atoms with Crippen LogP contribution < -0.4 is 11.1 Å². The van der Waals surface area contributed by atoms with Crippen LogP contribution in [0, 0.1) is 0 Å². The summed E-state index contributed by atoms with van der Waals surface area (Å²) in [6.07, 6.45) is 0.948. The number of rotatable bonds is 2. The molecule has 0 saturated carbocycles. The van der Waals surface area contributed by atoms with Gasteiger partial charge in [-0.15, -0.1) is 5.10 Å². The molecule has 6 nitrogen and oxygen atoms in total. The second kappa shape index (κ2) is 6.06. The zero-order chi connectivity index (χ0) is 16.5. The van der Waals surface area contributed by atoms with Crippen LogP contribution in [0.15, 0.2) is 24.4 Å². The number of halogens is 2. The Morgan fingerprint density at radius 2 is 1.86 bits per heavy atom. The van der Waals surface area contributed by atoms with Gasteiger partial charge in [-0.3, -0.25) is 5.32 Å². The second-order valence-electron chi connectivity index (χ2n) is 5.63. The Morgan fingerprint density at radius 1 is 1.27 bits per heavy atom. The Kier molecular flexibility index (Phi) is 4.53. The van der Waals surface area contributed by atoms with Crippen molar-refractivity contribution < 1.29 is 9.53 Å². The van der Waals surface area contributed by atoms with Gasteiger partial charge < -0.3 is 10.5 Å². The van der Waals surface area contributed by atoms with Gasteiger partial charge in [0.1, 0.15) is 11.3 Å². The predicted octanol–water partition coefficient (Wildman–Crippen LogP) is 4.11. The van der Waals surface area contributed by atoms with Crippen molar-refractivity contribution in [2.45, 2.75) is 26.4 Å². The summed E-state index contributed by atoms with van der Waals surface area (Å²) in [6, 6.07) is 4.97. The number of nitrogens with two attached hydrogens (primary N) is 1. The van der Waals surface area contributed by atoms with Crippen molar-refractivity contribution in [1.29, 1.82) is 0 Å². The van der Waals surface area contributed by atoms with Gasteiger partial charge in [-0.1, -0.05) is 23.2 Å². The van der Waals surface area contributed by atoms with Crippen LogP contribution >= 0.6 is 23.2 Å². The molecule has 2 aromatic rings. The van der Waals surface area contributed by atoms with E-state index in [1.807, 2.05) is 0 Å².